The highest BCUT2D eigenvalue weighted by molar-refractivity contribution is 5.82. The number of aromatic nitrogens is 1. The van der Waals surface area contributed by atoms with Gasteiger partial charge >= 0.3 is 12.1 Å². The van der Waals surface area contributed by atoms with Gasteiger partial charge in [0.1, 0.15) is 11.4 Å². The fraction of sp³-hybridized carbons (Fsp3) is 0.500. The van der Waals surface area contributed by atoms with Crippen LogP contribution < -0.4 is 15.6 Å². The Morgan fingerprint density at radius 3 is 2.53 bits per heavy atom. The van der Waals surface area contributed by atoms with Crippen molar-refractivity contribution in [1.82, 2.24) is 9.88 Å². The maximum absolute atomic E-state index is 12.7. The summed E-state index contributed by atoms with van der Waals surface area (Å²) in [4.78, 5) is 35.9. The molecule has 8 heteroatoms. The van der Waals surface area contributed by atoms with Crippen LogP contribution in [0.2, 0.25) is 0 Å². The van der Waals surface area contributed by atoms with Crippen LogP contribution in [0.25, 0.3) is 10.9 Å². The van der Waals surface area contributed by atoms with Gasteiger partial charge in [0, 0.05) is 24.7 Å². The summed E-state index contributed by atoms with van der Waals surface area (Å²) < 4.78 is 17.2. The molecular formula is C22H30N2O6. The van der Waals surface area contributed by atoms with E-state index in [1.807, 2.05) is 45.9 Å². The van der Waals surface area contributed by atoms with Crippen molar-refractivity contribution in [2.45, 2.75) is 52.7 Å². The van der Waals surface area contributed by atoms with Gasteiger partial charge in [-0.25, -0.2) is 4.79 Å². The molecule has 8 nitrogen and oxygen atoms in total. The van der Waals surface area contributed by atoms with E-state index in [-0.39, 0.29) is 12.0 Å². The molecule has 1 heterocycles. The smallest absolute Gasteiger partial charge is 0.407 e. The number of hydrogen-bond donors (Lipinski definition) is 1. The number of carbonyl (C=O) groups excluding carboxylic acids is 2. The van der Waals surface area contributed by atoms with Crippen molar-refractivity contribution >= 4 is 23.0 Å². The second-order valence-corrected chi connectivity index (χ2v) is 7.82. The van der Waals surface area contributed by atoms with Crippen molar-refractivity contribution < 1.29 is 23.8 Å². The topological polar surface area (TPSA) is 95.9 Å². The number of nitrogens with one attached hydrogen (secondary N) is 1. The molecule has 0 aliphatic heterocycles. The summed E-state index contributed by atoms with van der Waals surface area (Å²) in [7, 11) is 1.30. The number of ether oxygens (including phenoxy) is 3. The molecule has 0 unspecified atom stereocenters. The maximum atomic E-state index is 12.7. The second-order valence-electron chi connectivity index (χ2n) is 7.82. The number of nitrogens with zero attached hydrogens (tertiary/aromatic N) is 1. The van der Waals surface area contributed by atoms with Gasteiger partial charge in [-0.05, 0) is 57.7 Å². The lowest BCUT2D eigenvalue weighted by atomic mass is 10.1. The summed E-state index contributed by atoms with van der Waals surface area (Å²) in [6, 6.07) is 7.20. The third kappa shape index (κ3) is 6.50. The van der Waals surface area contributed by atoms with Gasteiger partial charge in [0.2, 0.25) is 0 Å². The molecule has 2 aromatic rings. The van der Waals surface area contributed by atoms with Crippen molar-refractivity contribution in [3.8, 4) is 5.75 Å². The Morgan fingerprint density at radius 2 is 1.90 bits per heavy atom. The van der Waals surface area contributed by atoms with E-state index >= 15 is 0 Å². The molecule has 0 saturated carbocycles. The highest BCUT2D eigenvalue weighted by Gasteiger charge is 2.15. The molecule has 0 saturated heterocycles. The van der Waals surface area contributed by atoms with Gasteiger partial charge in [-0.15, -0.1) is 0 Å². The van der Waals surface area contributed by atoms with Crippen molar-refractivity contribution in [3.63, 3.8) is 0 Å². The molecule has 0 bridgehead atoms. The van der Waals surface area contributed by atoms with E-state index in [0.717, 1.165) is 10.9 Å². The molecule has 0 radical (unpaired) electrons. The zero-order valence-corrected chi connectivity index (χ0v) is 18.2. The minimum absolute atomic E-state index is 0.0613. The van der Waals surface area contributed by atoms with Gasteiger partial charge < -0.3 is 24.1 Å². The van der Waals surface area contributed by atoms with Crippen LogP contribution in [0, 0.1) is 0 Å². The average molecular weight is 418 g/mol. The van der Waals surface area contributed by atoms with Crippen LogP contribution in [0.3, 0.4) is 0 Å². The number of alkyl carbamates (subject to hydrolysis) is 1. The molecule has 30 heavy (non-hydrogen) atoms. The second kappa shape index (κ2) is 10.1. The molecule has 0 aliphatic rings. The summed E-state index contributed by atoms with van der Waals surface area (Å²) in [5, 5.41) is 3.52. The zero-order chi connectivity index (χ0) is 22.3. The highest BCUT2D eigenvalue weighted by Crippen LogP contribution is 2.21. The highest BCUT2D eigenvalue weighted by atomic mass is 16.6. The van der Waals surface area contributed by atoms with E-state index in [0.29, 0.717) is 37.4 Å². The Balaban J connectivity index is 2.03. The number of aryl methyl sites for hydroxylation is 1. The predicted octanol–water partition coefficient (Wildman–Crippen LogP) is 3.03. The van der Waals surface area contributed by atoms with E-state index in [2.05, 4.69) is 10.1 Å². The minimum atomic E-state index is -0.530. The molecule has 164 valence electrons. The van der Waals surface area contributed by atoms with E-state index in [9.17, 15) is 14.4 Å². The van der Waals surface area contributed by atoms with Crippen molar-refractivity contribution in [3.05, 3.63) is 40.2 Å². The molecule has 1 amide bonds. The number of pyridine rings is 1. The first kappa shape index (κ1) is 23.3. The van der Waals surface area contributed by atoms with E-state index < -0.39 is 17.7 Å². The van der Waals surface area contributed by atoms with E-state index in [1.165, 1.54) is 7.11 Å². The van der Waals surface area contributed by atoms with Crippen molar-refractivity contribution in [2.75, 3.05) is 20.3 Å². The van der Waals surface area contributed by atoms with Crippen LogP contribution in [-0.4, -0.2) is 42.5 Å². The molecule has 1 N–H and O–H groups in total. The van der Waals surface area contributed by atoms with Crippen LogP contribution in [0.1, 0.15) is 39.7 Å². The largest absolute Gasteiger partial charge is 0.493 e. The lowest BCUT2D eigenvalue weighted by Crippen LogP contribution is -2.33. The molecule has 1 aromatic heterocycles. The fourth-order valence-electron chi connectivity index (χ4n) is 2.94. The quantitative estimate of drug-likeness (QED) is 0.523. The number of carbonyl (C=O) groups is 2. The van der Waals surface area contributed by atoms with Gasteiger partial charge in [0.05, 0.1) is 25.7 Å². The normalized spacial score (nSPS) is 11.2. The third-order valence-electron chi connectivity index (χ3n) is 4.28. The number of methoxy groups -OCH3 is 1. The number of fused-ring (bicyclic) bond motifs is 1. The number of esters is 1. The molecule has 0 spiro atoms. The third-order valence-corrected chi connectivity index (χ3v) is 4.28. The Morgan fingerprint density at radius 1 is 1.17 bits per heavy atom. The van der Waals surface area contributed by atoms with Crippen LogP contribution in [0.5, 0.6) is 5.75 Å². The monoisotopic (exact) mass is 418 g/mol. The summed E-state index contributed by atoms with van der Waals surface area (Å²) >= 11 is 0. The molecule has 0 fully saturated rings. The molecule has 1 aromatic carbocycles. The zero-order valence-electron chi connectivity index (χ0n) is 18.2. The summed E-state index contributed by atoms with van der Waals surface area (Å²) in [6.45, 7) is 8.60. The first-order valence-corrected chi connectivity index (χ1v) is 9.97. The summed E-state index contributed by atoms with van der Waals surface area (Å²) in [5.41, 5.74) is 0.393. The number of benzene rings is 1. The number of hydrogen-bond acceptors (Lipinski definition) is 6. The van der Waals surface area contributed by atoms with Gasteiger partial charge in [0.15, 0.2) is 0 Å². The minimum Gasteiger partial charge on any atom is -0.493 e. The molecule has 0 atom stereocenters. The van der Waals surface area contributed by atoms with Crippen LogP contribution in [0.4, 0.5) is 4.79 Å². The van der Waals surface area contributed by atoms with Crippen LogP contribution >= 0.6 is 0 Å². The fourth-order valence-corrected chi connectivity index (χ4v) is 2.94. The van der Waals surface area contributed by atoms with Crippen LogP contribution in [0.15, 0.2) is 29.1 Å². The first-order valence-electron chi connectivity index (χ1n) is 9.97. The molecule has 0 aliphatic carbocycles. The number of rotatable bonds is 8. The van der Waals surface area contributed by atoms with Gasteiger partial charge in [-0.1, -0.05) is 0 Å². The summed E-state index contributed by atoms with van der Waals surface area (Å²) in [6.07, 6.45) is 0.0901. The lowest BCUT2D eigenvalue weighted by Gasteiger charge is -2.19. The first-order chi connectivity index (χ1) is 14.1. The standard InChI is InChI=1S/C22H30N2O6/c1-6-24-18-14-17(29-11-7-10-23-21(27)30-22(2,3)4)9-8-15(18)12-16(20(24)26)13-19(25)28-5/h8-9,12,14H,6-7,10-11,13H2,1-5H3,(H,23,27). The molecule has 2 rings (SSSR count). The van der Waals surface area contributed by atoms with Gasteiger partial charge in [-0.3, -0.25) is 9.59 Å². The lowest BCUT2D eigenvalue weighted by molar-refractivity contribution is -0.139. The SMILES string of the molecule is CCn1c(=O)c(CC(=O)OC)cc2ccc(OCCCNC(=O)OC(C)(C)C)cc21. The van der Waals surface area contributed by atoms with Crippen LogP contribution in [-0.2, 0) is 27.2 Å². The predicted molar refractivity (Wildman–Crippen MR) is 114 cm³/mol. The maximum Gasteiger partial charge on any atom is 0.407 e. The van der Waals surface area contributed by atoms with E-state index in [1.54, 1.807) is 10.6 Å². The van der Waals surface area contributed by atoms with Crippen molar-refractivity contribution in [1.29, 1.82) is 0 Å². The number of amides is 1. The van der Waals surface area contributed by atoms with E-state index in [4.69, 9.17) is 9.47 Å². The average Bonchev–Trinajstić information content (AvgIpc) is 2.67. The van der Waals surface area contributed by atoms with Gasteiger partial charge in [0.25, 0.3) is 5.56 Å². The Bertz CT molecular complexity index is 958. The van der Waals surface area contributed by atoms with Crippen molar-refractivity contribution in [2.24, 2.45) is 0 Å². The Kier molecular flexibility index (Phi) is 7.86. The Hall–Kier alpha value is -3.03. The Labute approximate surface area is 176 Å². The van der Waals surface area contributed by atoms with Gasteiger partial charge in [-0.2, -0.15) is 0 Å². The molecular weight excluding hydrogens is 388 g/mol. The summed E-state index contributed by atoms with van der Waals surface area (Å²) in [5.74, 6) is 0.177.